The molecule has 30 heavy (non-hydrogen) atoms. The second kappa shape index (κ2) is 13.6. The molecule has 2 aromatic heterocycles. The Kier molecular flexibility index (Phi) is 11.5. The van der Waals surface area contributed by atoms with Gasteiger partial charge in [0.2, 0.25) is 0 Å². The van der Waals surface area contributed by atoms with Gasteiger partial charge in [-0.2, -0.15) is 0 Å². The summed E-state index contributed by atoms with van der Waals surface area (Å²) >= 11 is 0. The van der Waals surface area contributed by atoms with Crippen LogP contribution in [0.15, 0.2) is 36.7 Å². The number of nitrogens with zero attached hydrogens (tertiary/aromatic N) is 1. The van der Waals surface area contributed by atoms with E-state index in [0.29, 0.717) is 42.5 Å². The highest BCUT2D eigenvalue weighted by molar-refractivity contribution is 5.69. The number of hydrogen-bond donors (Lipinski definition) is 2. The summed E-state index contributed by atoms with van der Waals surface area (Å²) in [5.74, 6) is 0.650. The van der Waals surface area contributed by atoms with Crippen LogP contribution in [0.2, 0.25) is 0 Å². The lowest BCUT2D eigenvalue weighted by atomic mass is 10.4. The number of H-pyrrole nitrogens is 2. The molecule has 0 radical (unpaired) electrons. The number of nitrogens with one attached hydrogen (secondary N) is 2. The number of carbonyl (C=O) groups is 2. The van der Waals surface area contributed by atoms with Crippen LogP contribution in [0, 0.1) is 0 Å². The first-order valence-corrected chi connectivity index (χ1v) is 9.60. The van der Waals surface area contributed by atoms with Gasteiger partial charge in [0.1, 0.15) is 39.5 Å². The van der Waals surface area contributed by atoms with E-state index >= 15 is 0 Å². The molecule has 2 N–H and O–H groups in total. The van der Waals surface area contributed by atoms with Crippen LogP contribution in [0.4, 0.5) is 0 Å². The van der Waals surface area contributed by atoms with Crippen molar-refractivity contribution in [2.45, 2.75) is 12.8 Å². The van der Waals surface area contributed by atoms with Crippen LogP contribution in [0.1, 0.15) is 12.8 Å². The minimum atomic E-state index is -0.301. The van der Waals surface area contributed by atoms with Crippen molar-refractivity contribution in [1.82, 2.24) is 9.97 Å². The molecule has 2 heterocycles. The highest BCUT2D eigenvalue weighted by Crippen LogP contribution is 2.06. The Morgan fingerprint density at radius 2 is 1.23 bits per heavy atom. The maximum Gasteiger partial charge on any atom is 0.309 e. The van der Waals surface area contributed by atoms with Gasteiger partial charge in [0.05, 0.1) is 26.9 Å². The number of hydrogen-bond acceptors (Lipinski definition) is 6. The van der Waals surface area contributed by atoms with Crippen LogP contribution in [0.3, 0.4) is 0 Å². The van der Waals surface area contributed by atoms with Crippen LogP contribution in [-0.4, -0.2) is 80.0 Å². The molecule has 0 aromatic carbocycles. The maximum atomic E-state index is 11.7. The van der Waals surface area contributed by atoms with Crippen molar-refractivity contribution in [2.24, 2.45) is 0 Å². The normalized spacial score (nSPS) is 10.7. The van der Waals surface area contributed by atoms with Crippen LogP contribution >= 0.6 is 0 Å². The van der Waals surface area contributed by atoms with Gasteiger partial charge in [0, 0.05) is 12.4 Å². The summed E-state index contributed by atoms with van der Waals surface area (Å²) in [7, 11) is 3.98. The molecule has 0 aliphatic rings. The van der Waals surface area contributed by atoms with Gasteiger partial charge in [-0.1, -0.05) is 0 Å². The predicted molar refractivity (Wildman–Crippen MR) is 106 cm³/mol. The lowest BCUT2D eigenvalue weighted by molar-refractivity contribution is -0.890. The van der Waals surface area contributed by atoms with E-state index < -0.39 is 0 Å². The van der Waals surface area contributed by atoms with E-state index in [4.69, 9.17) is 18.9 Å². The van der Waals surface area contributed by atoms with Gasteiger partial charge in [-0.3, -0.25) is 9.59 Å². The number of aromatic nitrogens is 2. The quantitative estimate of drug-likeness (QED) is 0.279. The Morgan fingerprint density at radius 1 is 0.800 bits per heavy atom. The Morgan fingerprint density at radius 3 is 1.60 bits per heavy atom. The molecule has 2 rings (SSSR count). The van der Waals surface area contributed by atoms with E-state index in [2.05, 4.69) is 9.97 Å². The van der Waals surface area contributed by atoms with E-state index in [1.54, 1.807) is 24.5 Å². The van der Waals surface area contributed by atoms with E-state index in [1.165, 1.54) is 0 Å². The Bertz CT molecular complexity index is 659. The first-order chi connectivity index (χ1) is 13.9. The van der Waals surface area contributed by atoms with Gasteiger partial charge in [0.25, 0.3) is 0 Å². The fourth-order valence-corrected chi connectivity index (χ4v) is 2.37. The fourth-order valence-electron chi connectivity index (χ4n) is 2.37. The molecule has 168 valence electrons. The topological polar surface area (TPSA) is 103 Å². The van der Waals surface area contributed by atoms with E-state index in [-0.39, 0.29) is 50.4 Å². The molecule has 10 heteroatoms. The van der Waals surface area contributed by atoms with Crippen molar-refractivity contribution < 1.29 is 45.4 Å². The third-order valence-electron chi connectivity index (χ3n) is 4.19. The Hall–Kier alpha value is -2.65. The van der Waals surface area contributed by atoms with Crippen LogP contribution in [-0.2, 0) is 19.1 Å². The largest absolute Gasteiger partial charge is 1.00 e. The molecule has 0 bridgehead atoms. The fraction of sp³-hybridized carbons (Fsp3) is 0.500. The third kappa shape index (κ3) is 10.8. The predicted octanol–water partition coefficient (Wildman–Crippen LogP) is -1.25. The van der Waals surface area contributed by atoms with Gasteiger partial charge >= 0.3 is 11.9 Å². The molecule has 0 amide bonds. The molecule has 0 aliphatic carbocycles. The molecule has 0 fully saturated rings. The first-order valence-electron chi connectivity index (χ1n) is 9.60. The first kappa shape index (κ1) is 25.4. The highest BCUT2D eigenvalue weighted by atomic mass is 35.5. The van der Waals surface area contributed by atoms with E-state index in [0.717, 1.165) is 0 Å². The van der Waals surface area contributed by atoms with Gasteiger partial charge in [-0.05, 0) is 24.3 Å². The van der Waals surface area contributed by atoms with Gasteiger partial charge in [-0.15, -0.1) is 0 Å². The number of rotatable bonds is 14. The Balaban J connectivity index is 0.00000450. The molecule has 0 spiro atoms. The van der Waals surface area contributed by atoms with Crippen molar-refractivity contribution in [1.29, 1.82) is 0 Å². The molecule has 0 unspecified atom stereocenters. The minimum absolute atomic E-state index is 0. The summed E-state index contributed by atoms with van der Waals surface area (Å²) in [4.78, 5) is 29.3. The number of ether oxygens (including phenoxy) is 4. The number of likely N-dealkylation sites (N-methyl/N-ethyl adjacent to an activating group) is 1. The molecule has 0 aliphatic heterocycles. The maximum absolute atomic E-state index is 11.7. The summed E-state index contributed by atoms with van der Waals surface area (Å²) in [6.45, 7) is 2.37. The van der Waals surface area contributed by atoms with Crippen LogP contribution in [0.5, 0.6) is 11.8 Å². The van der Waals surface area contributed by atoms with Gasteiger partial charge < -0.3 is 45.8 Å². The van der Waals surface area contributed by atoms with Crippen molar-refractivity contribution in [2.75, 3.05) is 53.6 Å². The number of quaternary nitrogens is 1. The SMILES string of the molecule is C[N+](C)(CCOC(=O)CCOc1ccc[nH]1)CCOC(=O)CCOc1ccc[nH]1.[Cl-]. The Labute approximate surface area is 182 Å². The number of esters is 2. The summed E-state index contributed by atoms with van der Waals surface area (Å²) in [5.41, 5.74) is 0. The second-order valence-corrected chi connectivity index (χ2v) is 7.09. The zero-order chi connectivity index (χ0) is 21.0. The lowest BCUT2D eigenvalue weighted by Crippen LogP contribution is -3.00. The average Bonchev–Trinajstić information content (AvgIpc) is 3.35. The standard InChI is InChI=1S/C20H30N3O6.ClH/c1-23(2,11-15-28-19(24)7-13-26-17-5-3-9-21-17)12-16-29-20(25)8-14-27-18-6-4-10-22-18;/h3-6,9-10,21-22H,7-8,11-16H2,1-2H3;1H/q+1;/p-1. The molecule has 2 aromatic rings. The zero-order valence-electron chi connectivity index (χ0n) is 17.4. The highest BCUT2D eigenvalue weighted by Gasteiger charge is 2.17. The van der Waals surface area contributed by atoms with E-state index in [9.17, 15) is 9.59 Å². The number of halogens is 1. The van der Waals surface area contributed by atoms with Gasteiger partial charge in [0.15, 0.2) is 11.8 Å². The van der Waals surface area contributed by atoms with E-state index in [1.807, 2.05) is 26.2 Å². The summed E-state index contributed by atoms with van der Waals surface area (Å²) in [5, 5.41) is 0. The summed E-state index contributed by atoms with van der Waals surface area (Å²) in [6, 6.07) is 7.21. The average molecular weight is 444 g/mol. The molecular weight excluding hydrogens is 414 g/mol. The number of aromatic amines is 2. The van der Waals surface area contributed by atoms with Crippen LogP contribution < -0.4 is 21.9 Å². The van der Waals surface area contributed by atoms with Crippen LogP contribution in [0.25, 0.3) is 0 Å². The monoisotopic (exact) mass is 443 g/mol. The molecular formula is C20H30ClN3O6. The zero-order valence-corrected chi connectivity index (χ0v) is 18.2. The minimum Gasteiger partial charge on any atom is -1.00 e. The third-order valence-corrected chi connectivity index (χ3v) is 4.19. The summed E-state index contributed by atoms with van der Waals surface area (Å²) in [6.07, 6.45) is 3.88. The van der Waals surface area contributed by atoms with Crippen molar-refractivity contribution >= 4 is 11.9 Å². The smallest absolute Gasteiger partial charge is 0.309 e. The lowest BCUT2D eigenvalue weighted by Gasteiger charge is -2.29. The molecule has 0 atom stereocenters. The second-order valence-electron chi connectivity index (χ2n) is 7.09. The molecule has 0 saturated carbocycles. The molecule has 0 saturated heterocycles. The molecule has 9 nitrogen and oxygen atoms in total. The van der Waals surface area contributed by atoms with Crippen molar-refractivity contribution in [3.8, 4) is 11.8 Å². The van der Waals surface area contributed by atoms with Crippen molar-refractivity contribution in [3.05, 3.63) is 36.7 Å². The number of carbonyl (C=O) groups excluding carboxylic acids is 2. The van der Waals surface area contributed by atoms with Gasteiger partial charge in [-0.25, -0.2) is 0 Å². The van der Waals surface area contributed by atoms with Crippen molar-refractivity contribution in [3.63, 3.8) is 0 Å². The summed E-state index contributed by atoms with van der Waals surface area (Å²) < 4.78 is 21.8.